The van der Waals surface area contributed by atoms with Gasteiger partial charge in [-0.25, -0.2) is 0 Å². The van der Waals surface area contributed by atoms with Gasteiger partial charge in [0.05, 0.1) is 5.56 Å². The summed E-state index contributed by atoms with van der Waals surface area (Å²) in [6, 6.07) is 4.57. The predicted octanol–water partition coefficient (Wildman–Crippen LogP) is 3.77. The Morgan fingerprint density at radius 1 is 1.29 bits per heavy atom. The number of halogens is 3. The molecule has 0 aliphatic rings. The van der Waals surface area contributed by atoms with Crippen LogP contribution in [-0.4, -0.2) is 18.4 Å². The number of Topliss-reactive ketones (excluding diaryl/α,β-unsaturated/α-hetero) is 1. The molecule has 0 bridgehead atoms. The molecule has 2 unspecified atom stereocenters. The lowest BCUT2D eigenvalue weighted by atomic mass is 9.92. The van der Waals surface area contributed by atoms with E-state index in [1.54, 1.807) is 6.08 Å². The summed E-state index contributed by atoms with van der Waals surface area (Å²) in [5, 5.41) is 0. The summed E-state index contributed by atoms with van der Waals surface area (Å²) in [6.45, 7) is 3.79. The standard InChI is InChI=1S/C18H25F3N2O/c1-3-12(2)17(24)10-6-8-14(16(23)11-22)13-7-4-5-9-15(13)18(19,20)21/h4-5,7-9,12,16H,3,6,10-11,22-23H2,1-2H3. The van der Waals surface area contributed by atoms with Gasteiger partial charge >= 0.3 is 6.18 Å². The van der Waals surface area contributed by atoms with Crippen LogP contribution in [0.4, 0.5) is 13.2 Å². The highest BCUT2D eigenvalue weighted by atomic mass is 19.4. The van der Waals surface area contributed by atoms with Crippen LogP contribution >= 0.6 is 0 Å². The lowest BCUT2D eigenvalue weighted by molar-refractivity contribution is -0.137. The van der Waals surface area contributed by atoms with Crippen molar-refractivity contribution in [1.29, 1.82) is 0 Å². The largest absolute Gasteiger partial charge is 0.416 e. The van der Waals surface area contributed by atoms with Crippen molar-refractivity contribution in [3.8, 4) is 0 Å². The zero-order valence-electron chi connectivity index (χ0n) is 14.1. The van der Waals surface area contributed by atoms with Gasteiger partial charge in [0.2, 0.25) is 0 Å². The molecule has 0 radical (unpaired) electrons. The molecule has 0 fully saturated rings. The minimum Gasteiger partial charge on any atom is -0.329 e. The Morgan fingerprint density at radius 3 is 2.46 bits per heavy atom. The molecule has 1 aromatic carbocycles. The Hall–Kier alpha value is -1.66. The lowest BCUT2D eigenvalue weighted by Gasteiger charge is -2.19. The number of nitrogens with two attached hydrogens (primary N) is 2. The fraction of sp³-hybridized carbons (Fsp3) is 0.500. The molecule has 3 nitrogen and oxygen atoms in total. The van der Waals surface area contributed by atoms with Crippen LogP contribution in [0.25, 0.3) is 5.57 Å². The molecule has 0 amide bonds. The summed E-state index contributed by atoms with van der Waals surface area (Å²) in [5.74, 6) is 0.0472. The summed E-state index contributed by atoms with van der Waals surface area (Å²) in [5.41, 5.74) is 11.1. The zero-order chi connectivity index (χ0) is 18.3. The van der Waals surface area contributed by atoms with Gasteiger partial charge in [-0.15, -0.1) is 0 Å². The Balaban J connectivity index is 3.11. The van der Waals surface area contributed by atoms with E-state index in [9.17, 15) is 18.0 Å². The van der Waals surface area contributed by atoms with E-state index in [1.807, 2.05) is 13.8 Å². The van der Waals surface area contributed by atoms with Crippen LogP contribution < -0.4 is 11.5 Å². The second-order valence-electron chi connectivity index (χ2n) is 5.86. The molecule has 0 aromatic heterocycles. The smallest absolute Gasteiger partial charge is 0.329 e. The van der Waals surface area contributed by atoms with Gasteiger partial charge in [-0.05, 0) is 30.0 Å². The molecule has 2 atom stereocenters. The van der Waals surface area contributed by atoms with E-state index >= 15 is 0 Å². The Morgan fingerprint density at radius 2 is 1.92 bits per heavy atom. The van der Waals surface area contributed by atoms with Crippen molar-refractivity contribution >= 4 is 11.4 Å². The molecule has 1 aromatic rings. The predicted molar refractivity (Wildman–Crippen MR) is 90.1 cm³/mol. The molecule has 0 spiro atoms. The number of carbonyl (C=O) groups is 1. The van der Waals surface area contributed by atoms with E-state index in [-0.39, 0.29) is 30.2 Å². The Kier molecular flexibility index (Phi) is 7.63. The van der Waals surface area contributed by atoms with Crippen LogP contribution in [0.3, 0.4) is 0 Å². The molecule has 24 heavy (non-hydrogen) atoms. The minimum atomic E-state index is -4.48. The number of alkyl halides is 3. The van der Waals surface area contributed by atoms with E-state index in [2.05, 4.69) is 0 Å². The third-order valence-corrected chi connectivity index (χ3v) is 4.11. The zero-order valence-corrected chi connectivity index (χ0v) is 14.1. The Labute approximate surface area is 140 Å². The second-order valence-corrected chi connectivity index (χ2v) is 5.86. The lowest BCUT2D eigenvalue weighted by Crippen LogP contribution is -2.31. The van der Waals surface area contributed by atoms with E-state index in [4.69, 9.17) is 11.5 Å². The first-order valence-corrected chi connectivity index (χ1v) is 8.07. The fourth-order valence-electron chi connectivity index (χ4n) is 2.41. The molecule has 6 heteroatoms. The highest BCUT2D eigenvalue weighted by molar-refractivity contribution is 5.81. The molecule has 0 saturated heterocycles. The summed E-state index contributed by atoms with van der Waals surface area (Å²) in [4.78, 5) is 11.9. The Bertz CT molecular complexity index is 582. The van der Waals surface area contributed by atoms with Gasteiger partial charge < -0.3 is 11.5 Å². The van der Waals surface area contributed by atoms with Crippen LogP contribution in [0.5, 0.6) is 0 Å². The van der Waals surface area contributed by atoms with E-state index in [0.29, 0.717) is 12.0 Å². The maximum atomic E-state index is 13.2. The molecule has 0 aliphatic heterocycles. The second kappa shape index (κ2) is 8.99. The maximum Gasteiger partial charge on any atom is 0.416 e. The summed E-state index contributed by atoms with van der Waals surface area (Å²) >= 11 is 0. The monoisotopic (exact) mass is 342 g/mol. The van der Waals surface area contributed by atoms with E-state index < -0.39 is 17.8 Å². The van der Waals surface area contributed by atoms with Crippen LogP contribution in [0.1, 0.15) is 44.2 Å². The average molecular weight is 342 g/mol. The van der Waals surface area contributed by atoms with Gasteiger partial charge in [-0.2, -0.15) is 13.2 Å². The number of hydrogen-bond donors (Lipinski definition) is 2. The molecule has 0 aliphatic carbocycles. The van der Waals surface area contributed by atoms with Gasteiger partial charge in [-0.3, -0.25) is 4.79 Å². The number of carbonyl (C=O) groups excluding carboxylic acids is 1. The summed E-state index contributed by atoms with van der Waals surface area (Å²) < 4.78 is 39.7. The van der Waals surface area contributed by atoms with Gasteiger partial charge in [-0.1, -0.05) is 38.1 Å². The topological polar surface area (TPSA) is 69.1 Å². The first-order valence-electron chi connectivity index (χ1n) is 8.07. The van der Waals surface area contributed by atoms with Gasteiger partial charge in [0, 0.05) is 24.9 Å². The normalized spacial score (nSPS) is 15.2. The van der Waals surface area contributed by atoms with Gasteiger partial charge in [0.15, 0.2) is 0 Å². The van der Waals surface area contributed by atoms with Gasteiger partial charge in [0.25, 0.3) is 0 Å². The van der Waals surface area contributed by atoms with Crippen molar-refractivity contribution < 1.29 is 18.0 Å². The van der Waals surface area contributed by atoms with Crippen molar-refractivity contribution in [2.75, 3.05) is 6.54 Å². The number of hydrogen-bond acceptors (Lipinski definition) is 3. The molecule has 134 valence electrons. The number of benzene rings is 1. The third-order valence-electron chi connectivity index (χ3n) is 4.11. The first-order chi connectivity index (χ1) is 11.2. The number of rotatable bonds is 8. The van der Waals surface area contributed by atoms with Crippen molar-refractivity contribution in [2.24, 2.45) is 17.4 Å². The molecule has 0 saturated carbocycles. The van der Waals surface area contributed by atoms with Crippen molar-refractivity contribution in [1.82, 2.24) is 0 Å². The van der Waals surface area contributed by atoms with Crippen molar-refractivity contribution in [3.05, 3.63) is 41.5 Å². The third kappa shape index (κ3) is 5.46. The SMILES string of the molecule is CCC(C)C(=O)CCC=C(c1ccccc1C(F)(F)F)C(N)CN. The van der Waals surface area contributed by atoms with Crippen LogP contribution in [0, 0.1) is 5.92 Å². The first kappa shape index (κ1) is 20.4. The van der Waals surface area contributed by atoms with Crippen molar-refractivity contribution in [2.45, 2.75) is 45.3 Å². The van der Waals surface area contributed by atoms with Crippen LogP contribution in [0.15, 0.2) is 30.3 Å². The average Bonchev–Trinajstić information content (AvgIpc) is 2.56. The van der Waals surface area contributed by atoms with E-state index in [1.165, 1.54) is 18.2 Å². The molecular weight excluding hydrogens is 317 g/mol. The van der Waals surface area contributed by atoms with Crippen molar-refractivity contribution in [3.63, 3.8) is 0 Å². The molecular formula is C18H25F3N2O. The molecule has 4 N–H and O–H groups in total. The van der Waals surface area contributed by atoms with Crippen LogP contribution in [-0.2, 0) is 11.0 Å². The quantitative estimate of drug-likeness (QED) is 0.755. The molecule has 0 heterocycles. The minimum absolute atomic E-state index is 0.0251. The van der Waals surface area contributed by atoms with Crippen LogP contribution in [0.2, 0.25) is 0 Å². The highest BCUT2D eigenvalue weighted by Crippen LogP contribution is 2.35. The van der Waals surface area contributed by atoms with Gasteiger partial charge in [0.1, 0.15) is 5.78 Å². The summed E-state index contributed by atoms with van der Waals surface area (Å²) in [7, 11) is 0. The number of allylic oxidation sites excluding steroid dienone is 1. The fourth-order valence-corrected chi connectivity index (χ4v) is 2.41. The highest BCUT2D eigenvalue weighted by Gasteiger charge is 2.34. The maximum absolute atomic E-state index is 13.2. The number of ketones is 1. The van der Waals surface area contributed by atoms with E-state index in [0.717, 1.165) is 12.5 Å². The molecule has 1 rings (SSSR count). The summed E-state index contributed by atoms with van der Waals surface area (Å²) in [6.07, 6.45) is -1.49.